The highest BCUT2D eigenvalue weighted by Gasteiger charge is 2.45. The van der Waals surface area contributed by atoms with Gasteiger partial charge in [0.05, 0.1) is 5.69 Å². The smallest absolute Gasteiger partial charge is 0.158 e. The van der Waals surface area contributed by atoms with E-state index in [1.54, 1.807) is 6.33 Å². The van der Waals surface area contributed by atoms with Gasteiger partial charge in [0.25, 0.3) is 0 Å². The summed E-state index contributed by atoms with van der Waals surface area (Å²) in [6.07, 6.45) is 1.75. The quantitative estimate of drug-likeness (QED) is 0.270. The maximum Gasteiger partial charge on any atom is 0.158 e. The largest absolute Gasteiger partial charge is 0.236 e. The molecular weight excluding hydrogens is 473 g/mol. The Hall–Kier alpha value is -3.60. The van der Waals surface area contributed by atoms with Gasteiger partial charge in [-0.05, 0) is 44.4 Å². The summed E-state index contributed by atoms with van der Waals surface area (Å²) in [5.74, 6) is 0. The summed E-state index contributed by atoms with van der Waals surface area (Å²) in [4.78, 5) is 10.8. The fourth-order valence-corrected chi connectivity index (χ4v) is 12.5. The Morgan fingerprint density at radius 1 is 0.722 bits per heavy atom. The van der Waals surface area contributed by atoms with E-state index in [-0.39, 0.29) is 5.41 Å². The van der Waals surface area contributed by atoms with Gasteiger partial charge < -0.3 is 0 Å². The molecule has 4 aromatic carbocycles. The molecule has 1 aliphatic rings. The van der Waals surface area contributed by atoms with Gasteiger partial charge in [-0.25, -0.2) is 9.97 Å². The molecular formula is C32H26N2SSi. The van der Waals surface area contributed by atoms with Crippen LogP contribution in [0.4, 0.5) is 0 Å². The second-order valence-electron chi connectivity index (χ2n) is 10.4. The molecule has 4 heteroatoms. The Labute approximate surface area is 216 Å². The van der Waals surface area contributed by atoms with Gasteiger partial charge in [-0.3, -0.25) is 0 Å². The first-order valence-electron chi connectivity index (χ1n) is 12.4. The lowest BCUT2D eigenvalue weighted by Crippen LogP contribution is -2.65. The molecule has 6 aromatic rings. The lowest BCUT2D eigenvalue weighted by molar-refractivity contribution is 0.650. The number of hydrogen-bond donors (Lipinski definition) is 0. The van der Waals surface area contributed by atoms with Crippen LogP contribution in [-0.4, -0.2) is 18.0 Å². The lowest BCUT2D eigenvalue weighted by atomic mass is 9.71. The molecule has 174 valence electrons. The fraction of sp³-hybridized carbons (Fsp3) is 0.125. The van der Waals surface area contributed by atoms with Gasteiger partial charge in [0.2, 0.25) is 0 Å². The highest BCUT2D eigenvalue weighted by atomic mass is 32.1. The first-order valence-corrected chi connectivity index (χ1v) is 15.7. The summed E-state index contributed by atoms with van der Waals surface area (Å²) < 4.78 is 1.49. The van der Waals surface area contributed by atoms with Gasteiger partial charge in [-0.15, -0.1) is 11.3 Å². The number of nitrogens with zero attached hydrogens (tertiary/aromatic N) is 2. The minimum absolute atomic E-state index is 0.178. The molecule has 0 bridgehead atoms. The van der Waals surface area contributed by atoms with Crippen molar-refractivity contribution in [1.29, 1.82) is 0 Å². The van der Waals surface area contributed by atoms with Crippen LogP contribution in [0.1, 0.15) is 25.0 Å². The van der Waals surface area contributed by atoms with E-state index in [0.717, 1.165) is 10.5 Å². The number of thiophene rings is 1. The van der Waals surface area contributed by atoms with Crippen molar-refractivity contribution in [2.24, 2.45) is 0 Å². The Morgan fingerprint density at radius 3 is 1.94 bits per heavy atom. The summed E-state index contributed by atoms with van der Waals surface area (Å²) in [6, 6.07) is 35.6. The molecule has 0 aliphatic heterocycles. The third-order valence-corrected chi connectivity index (χ3v) is 14.7. The zero-order valence-corrected chi connectivity index (χ0v) is 22.4. The van der Waals surface area contributed by atoms with Crippen molar-refractivity contribution < 1.29 is 0 Å². The summed E-state index contributed by atoms with van der Waals surface area (Å²) in [6.45, 7) is 7.30. The molecule has 2 nitrogen and oxygen atoms in total. The van der Waals surface area contributed by atoms with E-state index in [0.29, 0.717) is 0 Å². The van der Waals surface area contributed by atoms with Crippen LogP contribution >= 0.6 is 11.3 Å². The molecule has 0 unspecified atom stereocenters. The van der Waals surface area contributed by atoms with Crippen LogP contribution in [0, 0.1) is 0 Å². The standard InChI is InChI=1S/C32H26N2SSi/c1-32(2)26-19-22-13-11-10-12-21(22)18-25(26)29-27-28(32)31(35-30(27)34-20-33-29)36(3,23-14-6-4-7-15-23)24-16-8-5-9-17-24/h4-20H,1-3H3. The maximum absolute atomic E-state index is 4.90. The van der Waals surface area contributed by atoms with Crippen LogP contribution in [0.2, 0.25) is 6.55 Å². The molecule has 0 radical (unpaired) electrons. The van der Waals surface area contributed by atoms with Gasteiger partial charge in [0, 0.05) is 20.9 Å². The lowest BCUT2D eigenvalue weighted by Gasteiger charge is -2.37. The number of fused-ring (bicyclic) bond motifs is 3. The van der Waals surface area contributed by atoms with E-state index in [4.69, 9.17) is 9.97 Å². The van der Waals surface area contributed by atoms with Crippen molar-refractivity contribution >= 4 is 55.3 Å². The fourth-order valence-electron chi connectivity index (χ4n) is 6.15. The highest BCUT2D eigenvalue weighted by molar-refractivity contribution is 7.36. The first kappa shape index (κ1) is 21.7. The second kappa shape index (κ2) is 7.70. The molecule has 0 N–H and O–H groups in total. The van der Waals surface area contributed by atoms with Crippen molar-refractivity contribution in [3.63, 3.8) is 0 Å². The van der Waals surface area contributed by atoms with E-state index >= 15 is 0 Å². The molecule has 0 spiro atoms. The molecule has 1 aliphatic carbocycles. The van der Waals surface area contributed by atoms with Crippen LogP contribution < -0.4 is 14.9 Å². The van der Waals surface area contributed by atoms with Gasteiger partial charge >= 0.3 is 0 Å². The molecule has 0 saturated heterocycles. The monoisotopic (exact) mass is 498 g/mol. The van der Waals surface area contributed by atoms with E-state index in [9.17, 15) is 0 Å². The zero-order valence-electron chi connectivity index (χ0n) is 20.6. The highest BCUT2D eigenvalue weighted by Crippen LogP contribution is 2.50. The Balaban J connectivity index is 1.62. The molecule has 0 atom stereocenters. The number of benzene rings is 4. The third kappa shape index (κ3) is 2.89. The Kier molecular flexibility index (Phi) is 4.63. The average Bonchev–Trinajstić information content (AvgIpc) is 3.34. The van der Waals surface area contributed by atoms with E-state index in [1.165, 1.54) is 47.7 Å². The van der Waals surface area contributed by atoms with E-state index in [2.05, 4.69) is 117 Å². The molecule has 0 amide bonds. The molecule has 7 rings (SSSR count). The molecule has 0 fully saturated rings. The maximum atomic E-state index is 4.90. The van der Waals surface area contributed by atoms with Crippen LogP contribution in [0.3, 0.4) is 0 Å². The van der Waals surface area contributed by atoms with Gasteiger partial charge in [-0.2, -0.15) is 0 Å². The van der Waals surface area contributed by atoms with Crippen molar-refractivity contribution in [2.75, 3.05) is 0 Å². The van der Waals surface area contributed by atoms with Crippen molar-refractivity contribution in [1.82, 2.24) is 9.97 Å². The van der Waals surface area contributed by atoms with Crippen LogP contribution in [-0.2, 0) is 5.41 Å². The van der Waals surface area contributed by atoms with Crippen LogP contribution in [0.5, 0.6) is 0 Å². The van der Waals surface area contributed by atoms with Crippen molar-refractivity contribution in [2.45, 2.75) is 25.8 Å². The average molecular weight is 499 g/mol. The molecule has 36 heavy (non-hydrogen) atoms. The topological polar surface area (TPSA) is 25.8 Å². The summed E-state index contributed by atoms with van der Waals surface area (Å²) in [7, 11) is -2.33. The van der Waals surface area contributed by atoms with Crippen molar-refractivity contribution in [3.05, 3.63) is 115 Å². The third-order valence-electron chi connectivity index (χ3n) is 8.08. The van der Waals surface area contributed by atoms with Crippen LogP contribution in [0.25, 0.3) is 32.2 Å². The van der Waals surface area contributed by atoms with Gasteiger partial charge in [0.1, 0.15) is 11.2 Å². The summed E-state index contributed by atoms with van der Waals surface area (Å²) in [5, 5.41) is 6.63. The number of aromatic nitrogens is 2. The van der Waals surface area contributed by atoms with Crippen molar-refractivity contribution in [3.8, 4) is 11.3 Å². The molecule has 0 saturated carbocycles. The molecule has 2 aromatic heterocycles. The zero-order chi connectivity index (χ0) is 24.5. The predicted octanol–water partition coefficient (Wildman–Crippen LogP) is 6.25. The number of rotatable bonds is 3. The van der Waals surface area contributed by atoms with Gasteiger partial charge in [-0.1, -0.05) is 105 Å². The summed E-state index contributed by atoms with van der Waals surface area (Å²) in [5.41, 5.74) is 4.91. The minimum atomic E-state index is -2.33. The SMILES string of the molecule is CC1(C)c2cc3ccccc3cc2-c2ncnc3sc([Si](C)(c4ccccc4)c4ccccc4)c1c23. The van der Waals surface area contributed by atoms with E-state index in [1.807, 2.05) is 11.3 Å². The van der Waals surface area contributed by atoms with E-state index < -0.39 is 8.07 Å². The first-order chi connectivity index (χ1) is 17.5. The van der Waals surface area contributed by atoms with Crippen LogP contribution in [0.15, 0.2) is 103 Å². The number of hydrogen-bond acceptors (Lipinski definition) is 3. The normalized spacial score (nSPS) is 14.2. The predicted molar refractivity (Wildman–Crippen MR) is 156 cm³/mol. The Bertz CT molecular complexity index is 1730. The second-order valence-corrected chi connectivity index (χ2v) is 15.7. The summed E-state index contributed by atoms with van der Waals surface area (Å²) >= 11 is 1.89. The van der Waals surface area contributed by atoms with Gasteiger partial charge in [0.15, 0.2) is 8.07 Å². The molecule has 2 heterocycles. The minimum Gasteiger partial charge on any atom is -0.236 e. The Morgan fingerprint density at radius 2 is 1.31 bits per heavy atom.